The van der Waals surface area contributed by atoms with E-state index in [0.29, 0.717) is 22.0 Å². The van der Waals surface area contributed by atoms with Gasteiger partial charge in [-0.05, 0) is 29.8 Å². The Balaban J connectivity index is 2.07. The van der Waals surface area contributed by atoms with Crippen LogP contribution >= 0.6 is 23.4 Å². The molecule has 1 heterocycles. The second-order valence-electron chi connectivity index (χ2n) is 3.88. The summed E-state index contributed by atoms with van der Waals surface area (Å²) in [6, 6.07) is 8.70. The normalized spacial score (nSPS) is 10.4. The maximum atomic E-state index is 11.0. The lowest BCUT2D eigenvalue weighted by atomic mass is 10.1. The van der Waals surface area contributed by atoms with Crippen LogP contribution in [0.3, 0.4) is 0 Å². The number of aromatic nitrogens is 1. The average molecular weight is 294 g/mol. The zero-order chi connectivity index (χ0) is 13.8. The molecule has 0 saturated heterocycles. The molecule has 19 heavy (non-hydrogen) atoms. The summed E-state index contributed by atoms with van der Waals surface area (Å²) >= 11 is 7.31. The molecule has 4 N–H and O–H groups in total. The number of halogens is 1. The van der Waals surface area contributed by atoms with E-state index in [9.17, 15) is 4.79 Å². The Morgan fingerprint density at radius 1 is 1.32 bits per heavy atom. The highest BCUT2D eigenvalue weighted by Gasteiger charge is 2.06. The van der Waals surface area contributed by atoms with Gasteiger partial charge in [-0.25, -0.2) is 4.98 Å². The highest BCUT2D eigenvalue weighted by molar-refractivity contribution is 7.98. The molecule has 98 valence electrons. The molecular formula is C13H12ClN3OS. The maximum absolute atomic E-state index is 11.0. The van der Waals surface area contributed by atoms with E-state index in [1.807, 2.05) is 6.07 Å². The monoisotopic (exact) mass is 293 g/mol. The summed E-state index contributed by atoms with van der Waals surface area (Å²) in [7, 11) is 0. The zero-order valence-electron chi connectivity index (χ0n) is 9.97. The largest absolute Gasteiger partial charge is 0.398 e. The molecule has 1 aromatic carbocycles. The summed E-state index contributed by atoms with van der Waals surface area (Å²) in [5.74, 6) is 0.185. The molecule has 1 amide bonds. The molecule has 0 radical (unpaired) electrons. The van der Waals surface area contributed by atoms with E-state index in [0.717, 1.165) is 10.6 Å². The van der Waals surface area contributed by atoms with E-state index in [1.54, 1.807) is 42.2 Å². The fourth-order valence-corrected chi connectivity index (χ4v) is 2.45. The molecule has 0 saturated carbocycles. The molecule has 0 fully saturated rings. The van der Waals surface area contributed by atoms with Crippen molar-refractivity contribution in [3.8, 4) is 0 Å². The number of nitrogens with two attached hydrogens (primary N) is 2. The van der Waals surface area contributed by atoms with E-state index in [1.165, 1.54) is 0 Å². The summed E-state index contributed by atoms with van der Waals surface area (Å²) < 4.78 is 0. The maximum Gasteiger partial charge on any atom is 0.248 e. The van der Waals surface area contributed by atoms with Crippen molar-refractivity contribution >= 4 is 35.0 Å². The number of amides is 1. The van der Waals surface area contributed by atoms with Crippen molar-refractivity contribution in [3.05, 3.63) is 52.7 Å². The molecule has 0 unspecified atom stereocenters. The Bertz CT molecular complexity index is 601. The number of rotatable bonds is 4. The van der Waals surface area contributed by atoms with E-state index >= 15 is 0 Å². The van der Waals surface area contributed by atoms with Crippen LogP contribution in [0.4, 0.5) is 5.69 Å². The van der Waals surface area contributed by atoms with Crippen molar-refractivity contribution < 1.29 is 4.79 Å². The van der Waals surface area contributed by atoms with Crippen molar-refractivity contribution in [1.29, 1.82) is 0 Å². The molecule has 0 spiro atoms. The third-order valence-electron chi connectivity index (χ3n) is 2.51. The standard InChI is InChI=1S/C13H12ClN3OS/c14-10-3-4-12(17-6-10)19-7-9-2-1-8(13(16)18)5-11(9)15/h1-6H,7,15H2,(H2,16,18). The third kappa shape index (κ3) is 3.62. The van der Waals surface area contributed by atoms with Gasteiger partial charge in [-0.15, -0.1) is 11.8 Å². The number of thioether (sulfide) groups is 1. The topological polar surface area (TPSA) is 82.0 Å². The molecule has 6 heteroatoms. The van der Waals surface area contributed by atoms with Crippen molar-refractivity contribution in [2.24, 2.45) is 5.73 Å². The van der Waals surface area contributed by atoms with Crippen LogP contribution in [0.5, 0.6) is 0 Å². The number of primary amides is 1. The van der Waals surface area contributed by atoms with Gasteiger partial charge in [0.15, 0.2) is 0 Å². The first-order valence-corrected chi connectivity index (χ1v) is 6.85. The average Bonchev–Trinajstić information content (AvgIpc) is 2.39. The minimum atomic E-state index is -0.481. The fourth-order valence-electron chi connectivity index (χ4n) is 1.48. The van der Waals surface area contributed by atoms with Gasteiger partial charge in [0.25, 0.3) is 0 Å². The van der Waals surface area contributed by atoms with Crippen LogP contribution in [0, 0.1) is 0 Å². The van der Waals surface area contributed by atoms with Crippen LogP contribution in [-0.2, 0) is 5.75 Å². The first-order valence-electron chi connectivity index (χ1n) is 5.49. The molecule has 0 aliphatic rings. The Hall–Kier alpha value is -1.72. The van der Waals surface area contributed by atoms with E-state index in [2.05, 4.69) is 4.98 Å². The van der Waals surface area contributed by atoms with Crippen molar-refractivity contribution in [3.63, 3.8) is 0 Å². The number of anilines is 1. The van der Waals surface area contributed by atoms with E-state index < -0.39 is 5.91 Å². The van der Waals surface area contributed by atoms with Crippen molar-refractivity contribution in [1.82, 2.24) is 4.98 Å². The molecule has 0 aliphatic carbocycles. The molecule has 0 bridgehead atoms. The number of carbonyl (C=O) groups excluding carboxylic acids is 1. The summed E-state index contributed by atoms with van der Waals surface area (Å²) in [6.07, 6.45) is 1.60. The highest BCUT2D eigenvalue weighted by Crippen LogP contribution is 2.25. The molecule has 1 aromatic heterocycles. The molecule has 0 aliphatic heterocycles. The summed E-state index contributed by atoms with van der Waals surface area (Å²) in [5.41, 5.74) is 13.0. The summed E-state index contributed by atoms with van der Waals surface area (Å²) in [5, 5.41) is 1.47. The second kappa shape index (κ2) is 5.95. The number of nitrogens with zero attached hydrogens (tertiary/aromatic N) is 1. The van der Waals surface area contributed by atoms with Gasteiger partial charge < -0.3 is 11.5 Å². The molecule has 2 rings (SSSR count). The number of hydrogen-bond acceptors (Lipinski definition) is 4. The predicted molar refractivity (Wildman–Crippen MR) is 78.2 cm³/mol. The van der Waals surface area contributed by atoms with E-state index in [4.69, 9.17) is 23.1 Å². The van der Waals surface area contributed by atoms with Gasteiger partial charge in [-0.3, -0.25) is 4.79 Å². The van der Waals surface area contributed by atoms with Crippen LogP contribution in [0.15, 0.2) is 41.6 Å². The predicted octanol–water partition coefficient (Wildman–Crippen LogP) is 2.71. The number of pyridine rings is 1. The Labute approximate surface area is 120 Å². The number of benzene rings is 1. The van der Waals surface area contributed by atoms with Gasteiger partial charge in [0.05, 0.1) is 10.0 Å². The Morgan fingerprint density at radius 3 is 2.68 bits per heavy atom. The first-order chi connectivity index (χ1) is 9.06. The number of carbonyl (C=O) groups is 1. The van der Waals surface area contributed by atoms with E-state index in [-0.39, 0.29) is 0 Å². The molecule has 0 atom stereocenters. The van der Waals surface area contributed by atoms with Crippen LogP contribution in [0.2, 0.25) is 5.02 Å². The van der Waals surface area contributed by atoms with Gasteiger partial charge in [0, 0.05) is 23.2 Å². The lowest BCUT2D eigenvalue weighted by molar-refractivity contribution is 0.100. The van der Waals surface area contributed by atoms with Gasteiger partial charge in [-0.1, -0.05) is 17.7 Å². The quantitative estimate of drug-likeness (QED) is 0.671. The summed E-state index contributed by atoms with van der Waals surface area (Å²) in [6.45, 7) is 0. The van der Waals surface area contributed by atoms with Gasteiger partial charge >= 0.3 is 0 Å². The molecular weight excluding hydrogens is 282 g/mol. The van der Waals surface area contributed by atoms with Crippen LogP contribution in [0.25, 0.3) is 0 Å². The third-order valence-corrected chi connectivity index (χ3v) is 3.72. The van der Waals surface area contributed by atoms with Crippen LogP contribution in [-0.4, -0.2) is 10.9 Å². The number of nitrogen functional groups attached to an aromatic ring is 1. The molecule has 4 nitrogen and oxygen atoms in total. The first kappa shape index (κ1) is 13.7. The highest BCUT2D eigenvalue weighted by atomic mass is 35.5. The van der Waals surface area contributed by atoms with Gasteiger partial charge in [0.2, 0.25) is 5.91 Å². The SMILES string of the molecule is NC(=O)c1ccc(CSc2ccc(Cl)cn2)c(N)c1. The Kier molecular flexibility index (Phi) is 4.29. The summed E-state index contributed by atoms with van der Waals surface area (Å²) in [4.78, 5) is 15.2. The molecule has 2 aromatic rings. The lowest BCUT2D eigenvalue weighted by Gasteiger charge is -2.06. The van der Waals surface area contributed by atoms with Gasteiger partial charge in [-0.2, -0.15) is 0 Å². The van der Waals surface area contributed by atoms with Gasteiger partial charge in [0.1, 0.15) is 0 Å². The Morgan fingerprint density at radius 2 is 2.11 bits per heavy atom. The minimum absolute atomic E-state index is 0.413. The van der Waals surface area contributed by atoms with Crippen molar-refractivity contribution in [2.45, 2.75) is 10.8 Å². The zero-order valence-corrected chi connectivity index (χ0v) is 11.5. The number of hydrogen-bond donors (Lipinski definition) is 2. The van der Waals surface area contributed by atoms with Crippen molar-refractivity contribution in [2.75, 3.05) is 5.73 Å². The van der Waals surface area contributed by atoms with Crippen LogP contribution in [0.1, 0.15) is 15.9 Å². The van der Waals surface area contributed by atoms with Crippen LogP contribution < -0.4 is 11.5 Å². The second-order valence-corrected chi connectivity index (χ2v) is 5.31. The minimum Gasteiger partial charge on any atom is -0.398 e. The fraction of sp³-hybridized carbons (Fsp3) is 0.0769. The lowest BCUT2D eigenvalue weighted by Crippen LogP contribution is -2.11. The smallest absolute Gasteiger partial charge is 0.248 e.